The number of hydrogen-bond donors (Lipinski definition) is 3. The lowest BCUT2D eigenvalue weighted by molar-refractivity contribution is -0.0591. The number of nitrogens with one attached hydrogen (secondary N) is 2. The third-order valence-electron chi connectivity index (χ3n) is 7.50. The normalized spacial score (nSPS) is 30.8. The maximum Gasteiger partial charge on any atom is 0.224 e. The van der Waals surface area contributed by atoms with Gasteiger partial charge in [-0.05, 0) is 67.4 Å². The van der Waals surface area contributed by atoms with Gasteiger partial charge in [-0.2, -0.15) is 10.2 Å². The fraction of sp³-hybridized carbons (Fsp3) is 0.522. The van der Waals surface area contributed by atoms with Gasteiger partial charge < -0.3 is 16.4 Å². The van der Waals surface area contributed by atoms with Crippen molar-refractivity contribution in [3.8, 4) is 6.07 Å². The summed E-state index contributed by atoms with van der Waals surface area (Å²) >= 11 is 0. The Balaban J connectivity index is 1.30. The first-order valence-corrected chi connectivity index (χ1v) is 10.9. The van der Waals surface area contributed by atoms with Crippen molar-refractivity contribution in [2.75, 3.05) is 17.2 Å². The van der Waals surface area contributed by atoms with Gasteiger partial charge in [0, 0.05) is 24.7 Å². The third kappa shape index (κ3) is 3.72. The Morgan fingerprint density at radius 2 is 1.84 bits per heavy atom. The molecule has 162 valence electrons. The highest BCUT2D eigenvalue weighted by Crippen LogP contribution is 2.59. The molecule has 0 aliphatic heterocycles. The van der Waals surface area contributed by atoms with Crippen molar-refractivity contribution < 1.29 is 8.78 Å². The molecule has 6 nitrogen and oxygen atoms in total. The molecule has 4 unspecified atom stereocenters. The summed E-state index contributed by atoms with van der Waals surface area (Å²) in [6, 6.07) is 6.20. The van der Waals surface area contributed by atoms with Crippen LogP contribution in [0.3, 0.4) is 0 Å². The molecule has 1 heterocycles. The van der Waals surface area contributed by atoms with Crippen molar-refractivity contribution in [3.63, 3.8) is 0 Å². The van der Waals surface area contributed by atoms with E-state index in [0.29, 0.717) is 29.3 Å². The summed E-state index contributed by atoms with van der Waals surface area (Å²) in [6.07, 6.45) is 7.38. The standard InChI is InChI=1S/C23H26F2N6/c24-18-2-1-3-19(25)17(18)11-29-22-28-10-16(9-26)21(31-22)30-12-23-6-13-4-14(7-23)20(27)15(5-13)8-23/h1-3,10,13-15,20H,4-8,11-12,27H2,(H2,28,29,30,31)/t13?,14-,15?,20?,23?/m0/s1. The molecule has 4 saturated carbocycles. The summed E-state index contributed by atoms with van der Waals surface area (Å²) in [5.74, 6) is 1.38. The molecule has 0 radical (unpaired) electrons. The van der Waals surface area contributed by atoms with E-state index in [1.54, 1.807) is 0 Å². The van der Waals surface area contributed by atoms with Gasteiger partial charge in [-0.1, -0.05) is 6.07 Å². The molecule has 4 aliphatic carbocycles. The van der Waals surface area contributed by atoms with Gasteiger partial charge in [0.1, 0.15) is 29.1 Å². The lowest BCUT2D eigenvalue weighted by atomic mass is 9.48. The lowest BCUT2D eigenvalue weighted by Crippen LogP contribution is -2.58. The van der Waals surface area contributed by atoms with Gasteiger partial charge in [0.05, 0.1) is 6.20 Å². The fourth-order valence-corrected chi connectivity index (χ4v) is 6.27. The maximum absolute atomic E-state index is 13.9. The second kappa shape index (κ2) is 7.72. The van der Waals surface area contributed by atoms with Crippen LogP contribution in [0.1, 0.15) is 43.2 Å². The Labute approximate surface area is 180 Å². The van der Waals surface area contributed by atoms with Crippen LogP contribution in [0.15, 0.2) is 24.4 Å². The molecule has 5 atom stereocenters. The predicted octanol–water partition coefficient (Wildman–Crippen LogP) is 3.80. The van der Waals surface area contributed by atoms with Crippen molar-refractivity contribution in [2.45, 2.75) is 44.7 Å². The van der Waals surface area contributed by atoms with E-state index < -0.39 is 11.6 Å². The highest BCUT2D eigenvalue weighted by Gasteiger charge is 2.54. The Morgan fingerprint density at radius 3 is 2.52 bits per heavy atom. The van der Waals surface area contributed by atoms with Crippen LogP contribution < -0.4 is 16.4 Å². The van der Waals surface area contributed by atoms with E-state index in [9.17, 15) is 14.0 Å². The van der Waals surface area contributed by atoms with E-state index in [2.05, 4.69) is 26.7 Å². The van der Waals surface area contributed by atoms with E-state index in [4.69, 9.17) is 5.73 Å². The Morgan fingerprint density at radius 1 is 1.13 bits per heavy atom. The van der Waals surface area contributed by atoms with Gasteiger partial charge in [0.15, 0.2) is 0 Å². The topological polar surface area (TPSA) is 99.6 Å². The van der Waals surface area contributed by atoms with Crippen molar-refractivity contribution >= 4 is 11.8 Å². The largest absolute Gasteiger partial charge is 0.368 e. The molecule has 31 heavy (non-hydrogen) atoms. The van der Waals surface area contributed by atoms with Crippen LogP contribution in [0, 0.1) is 46.1 Å². The van der Waals surface area contributed by atoms with Gasteiger partial charge in [-0.25, -0.2) is 13.8 Å². The Kier molecular flexibility index (Phi) is 5.01. The number of anilines is 2. The second-order valence-corrected chi connectivity index (χ2v) is 9.52. The SMILES string of the molecule is N#Cc1cnc(NCc2c(F)cccc2F)nc1NCC12CC3CC(C1)C(N)[C@@H](C3)C2. The van der Waals surface area contributed by atoms with E-state index in [-0.39, 0.29) is 23.5 Å². The molecule has 0 spiro atoms. The number of halogens is 2. The molecule has 6 rings (SSSR count). The number of hydrogen-bond acceptors (Lipinski definition) is 6. The van der Waals surface area contributed by atoms with Crippen LogP contribution in [-0.2, 0) is 6.54 Å². The van der Waals surface area contributed by atoms with Crippen LogP contribution in [0.4, 0.5) is 20.5 Å². The van der Waals surface area contributed by atoms with Crippen molar-refractivity contribution in [1.29, 1.82) is 5.26 Å². The number of aromatic nitrogens is 2. The molecule has 8 heteroatoms. The molecule has 1 aromatic heterocycles. The predicted molar refractivity (Wildman–Crippen MR) is 113 cm³/mol. The van der Waals surface area contributed by atoms with E-state index >= 15 is 0 Å². The van der Waals surface area contributed by atoms with Gasteiger partial charge in [-0.15, -0.1) is 0 Å². The average Bonchev–Trinajstić information content (AvgIpc) is 2.75. The van der Waals surface area contributed by atoms with E-state index in [0.717, 1.165) is 25.3 Å². The van der Waals surface area contributed by atoms with Crippen LogP contribution in [0.25, 0.3) is 0 Å². The highest BCUT2D eigenvalue weighted by molar-refractivity contribution is 5.53. The quantitative estimate of drug-likeness (QED) is 0.652. The summed E-state index contributed by atoms with van der Waals surface area (Å²) in [7, 11) is 0. The summed E-state index contributed by atoms with van der Waals surface area (Å²) in [5.41, 5.74) is 6.93. The minimum atomic E-state index is -0.625. The summed E-state index contributed by atoms with van der Waals surface area (Å²) < 4.78 is 27.7. The molecular formula is C23H26F2N6. The molecule has 4 bridgehead atoms. The zero-order chi connectivity index (χ0) is 21.6. The monoisotopic (exact) mass is 424 g/mol. The van der Waals surface area contributed by atoms with Gasteiger partial charge in [0.2, 0.25) is 5.95 Å². The van der Waals surface area contributed by atoms with E-state index in [1.165, 1.54) is 43.7 Å². The third-order valence-corrected chi connectivity index (χ3v) is 7.50. The lowest BCUT2D eigenvalue weighted by Gasteiger charge is -2.59. The molecular weight excluding hydrogens is 398 g/mol. The van der Waals surface area contributed by atoms with Crippen molar-refractivity contribution in [1.82, 2.24) is 9.97 Å². The van der Waals surface area contributed by atoms with Gasteiger partial charge >= 0.3 is 0 Å². The maximum atomic E-state index is 13.9. The van der Waals surface area contributed by atoms with Crippen LogP contribution in [-0.4, -0.2) is 22.6 Å². The van der Waals surface area contributed by atoms with Crippen LogP contribution in [0.2, 0.25) is 0 Å². The zero-order valence-electron chi connectivity index (χ0n) is 17.2. The number of benzene rings is 1. The first-order valence-electron chi connectivity index (χ1n) is 10.9. The van der Waals surface area contributed by atoms with Crippen LogP contribution in [0.5, 0.6) is 0 Å². The van der Waals surface area contributed by atoms with Crippen molar-refractivity contribution in [2.24, 2.45) is 28.9 Å². The molecule has 4 N–H and O–H groups in total. The molecule has 2 aromatic rings. The fourth-order valence-electron chi connectivity index (χ4n) is 6.27. The first-order chi connectivity index (χ1) is 15.0. The second-order valence-electron chi connectivity index (χ2n) is 9.52. The van der Waals surface area contributed by atoms with Crippen LogP contribution >= 0.6 is 0 Å². The molecule has 0 saturated heterocycles. The molecule has 4 aliphatic rings. The Hall–Kier alpha value is -2.79. The number of nitriles is 1. The molecule has 0 amide bonds. The average molecular weight is 424 g/mol. The Bertz CT molecular complexity index is 999. The zero-order valence-corrected chi connectivity index (χ0v) is 17.2. The highest BCUT2D eigenvalue weighted by atomic mass is 19.1. The first kappa shape index (κ1) is 20.1. The number of nitrogens with zero attached hydrogens (tertiary/aromatic N) is 3. The molecule has 1 aromatic carbocycles. The number of rotatable bonds is 6. The summed E-state index contributed by atoms with van der Waals surface area (Å²) in [6.45, 7) is 0.660. The van der Waals surface area contributed by atoms with Gasteiger partial charge in [-0.3, -0.25) is 0 Å². The van der Waals surface area contributed by atoms with Gasteiger partial charge in [0.25, 0.3) is 0 Å². The van der Waals surface area contributed by atoms with E-state index in [1.807, 2.05) is 0 Å². The summed E-state index contributed by atoms with van der Waals surface area (Å²) in [4.78, 5) is 8.55. The smallest absolute Gasteiger partial charge is 0.224 e. The minimum absolute atomic E-state index is 0.0742. The number of nitrogens with two attached hydrogens (primary N) is 1. The minimum Gasteiger partial charge on any atom is -0.368 e. The summed E-state index contributed by atoms with van der Waals surface area (Å²) in [5, 5.41) is 15.7. The molecule has 4 fully saturated rings. The van der Waals surface area contributed by atoms with Crippen molar-refractivity contribution in [3.05, 3.63) is 47.2 Å².